The van der Waals surface area contributed by atoms with Crippen LogP contribution in [0.25, 0.3) is 0 Å². The van der Waals surface area contributed by atoms with Gasteiger partial charge in [0.15, 0.2) is 24.8 Å². The molecule has 14 heteroatoms. The summed E-state index contributed by atoms with van der Waals surface area (Å²) in [6.45, 7) is 2.84. The highest BCUT2D eigenvalue weighted by atomic mass is 16.7. The normalized spacial score (nSPS) is 39.1. The zero-order valence-corrected chi connectivity index (χ0v) is 28.8. The molecule has 5 rings (SSSR count). The number of carbonyl (C=O) groups is 2. The molecule has 14 nitrogen and oxygen atoms in total. The molecule has 0 amide bonds. The number of carbonyl (C=O) groups excluding carboxylic acids is 1. The van der Waals surface area contributed by atoms with E-state index in [1.54, 1.807) is 30.3 Å². The summed E-state index contributed by atoms with van der Waals surface area (Å²) < 4.78 is 37.0. The van der Waals surface area contributed by atoms with E-state index in [2.05, 4.69) is 0 Å². The van der Waals surface area contributed by atoms with E-state index in [9.17, 15) is 40.2 Å². The second kappa shape index (κ2) is 18.0. The van der Waals surface area contributed by atoms with Gasteiger partial charge in [0, 0.05) is 6.42 Å². The van der Waals surface area contributed by atoms with Crippen molar-refractivity contribution >= 4 is 11.9 Å². The van der Waals surface area contributed by atoms with Crippen molar-refractivity contribution in [3.05, 3.63) is 35.9 Å². The fourth-order valence-electron chi connectivity index (χ4n) is 7.95. The average molecular weight is 711 g/mol. The lowest BCUT2D eigenvalue weighted by Crippen LogP contribution is -2.63. The van der Waals surface area contributed by atoms with E-state index in [0.717, 1.165) is 38.5 Å². The first-order chi connectivity index (χ1) is 24.0. The minimum Gasteiger partial charge on any atom is -0.479 e. The molecule has 6 N–H and O–H groups in total. The second-order valence-corrected chi connectivity index (χ2v) is 14.5. The SMILES string of the molecule is C[C@@H]1C[C@H](C)[C@@H](O[C@H]2C[C@H](O)[C@H](O)[C@H](CO)O2)[C@H](O[C@@H]2O[C@H](CO)[C@H](O)[C@H](O[C@@H](CC3CCCCC3)C(=O)O)[C@H]2OC(=O)c2ccccc2)C1. The number of hydrogen-bond donors (Lipinski definition) is 6. The lowest BCUT2D eigenvalue weighted by atomic mass is 9.79. The van der Waals surface area contributed by atoms with Gasteiger partial charge >= 0.3 is 11.9 Å². The van der Waals surface area contributed by atoms with Crippen LogP contribution in [0.15, 0.2) is 30.3 Å². The Labute approximate surface area is 292 Å². The minimum atomic E-state index is -1.57. The van der Waals surface area contributed by atoms with E-state index < -0.39 is 98.8 Å². The lowest BCUT2D eigenvalue weighted by molar-refractivity contribution is -0.341. The summed E-state index contributed by atoms with van der Waals surface area (Å²) in [5.41, 5.74) is 0.204. The second-order valence-electron chi connectivity index (χ2n) is 14.5. The molecule has 0 radical (unpaired) electrons. The molecular weight excluding hydrogens is 656 g/mol. The molecule has 50 heavy (non-hydrogen) atoms. The summed E-state index contributed by atoms with van der Waals surface area (Å²) in [5, 5.41) is 62.3. The Morgan fingerprint density at radius 2 is 1.52 bits per heavy atom. The van der Waals surface area contributed by atoms with E-state index in [1.807, 2.05) is 13.8 Å². The molecular formula is C36H54O14. The number of aliphatic carboxylic acids is 1. The molecule has 14 atom stereocenters. The van der Waals surface area contributed by atoms with Crippen LogP contribution in [-0.2, 0) is 33.2 Å². The van der Waals surface area contributed by atoms with Gasteiger partial charge in [0.25, 0.3) is 0 Å². The van der Waals surface area contributed by atoms with Crippen LogP contribution in [-0.4, -0.2) is 129 Å². The standard InChI is InChI=1S/C36H54O14/c1-19-13-20(2)31(49-28-16-23(39)29(40)26(17-37)45-28)24(14-19)47-36-33(50-35(44)22-11-7-4-8-12-22)32(30(41)27(18-38)48-36)46-25(34(42)43)15-21-9-5-3-6-10-21/h4,7-8,11-12,19-21,23-33,36-41H,3,5-6,9-10,13-18H2,1-2H3,(H,42,43)/t19-,20+,23+,24-,25+,26+,27-,28+,29+,30+,31-,32+,33-,36-/m1/s1. The summed E-state index contributed by atoms with van der Waals surface area (Å²) >= 11 is 0. The van der Waals surface area contributed by atoms with Crippen molar-refractivity contribution < 1.29 is 68.6 Å². The smallest absolute Gasteiger partial charge is 0.338 e. The third-order valence-electron chi connectivity index (χ3n) is 10.6. The fraction of sp³-hybridized carbons (Fsp3) is 0.778. The predicted octanol–water partition coefficient (Wildman–Crippen LogP) is 1.76. The maximum absolute atomic E-state index is 13.5. The molecule has 282 valence electrons. The number of hydrogen-bond acceptors (Lipinski definition) is 13. The lowest BCUT2D eigenvalue weighted by Gasteiger charge is -2.48. The van der Waals surface area contributed by atoms with Gasteiger partial charge in [-0.2, -0.15) is 0 Å². The van der Waals surface area contributed by atoms with Gasteiger partial charge in [-0.3, -0.25) is 0 Å². The van der Waals surface area contributed by atoms with Crippen molar-refractivity contribution in [2.24, 2.45) is 17.8 Å². The van der Waals surface area contributed by atoms with Crippen LogP contribution in [0.1, 0.15) is 82.0 Å². The van der Waals surface area contributed by atoms with Gasteiger partial charge in [-0.25, -0.2) is 9.59 Å². The topological polar surface area (TPSA) is 211 Å². The summed E-state index contributed by atoms with van der Waals surface area (Å²) in [4.78, 5) is 26.0. The zero-order valence-electron chi connectivity index (χ0n) is 28.8. The van der Waals surface area contributed by atoms with Crippen LogP contribution in [0.3, 0.4) is 0 Å². The number of carboxylic acid groups (broad SMARTS) is 1. The highest BCUT2D eigenvalue weighted by Crippen LogP contribution is 2.39. The van der Waals surface area contributed by atoms with Crippen molar-refractivity contribution in [1.29, 1.82) is 0 Å². The molecule has 0 spiro atoms. The van der Waals surface area contributed by atoms with Gasteiger partial charge in [-0.1, -0.05) is 64.2 Å². The number of carboxylic acids is 1. The first-order valence-electron chi connectivity index (χ1n) is 18.0. The van der Waals surface area contributed by atoms with Crippen LogP contribution in [0.2, 0.25) is 0 Å². The molecule has 4 fully saturated rings. The molecule has 0 aromatic heterocycles. The van der Waals surface area contributed by atoms with Crippen LogP contribution in [0, 0.1) is 17.8 Å². The molecule has 2 saturated carbocycles. The maximum atomic E-state index is 13.5. The molecule has 1 aromatic carbocycles. The van der Waals surface area contributed by atoms with Crippen LogP contribution in [0.5, 0.6) is 0 Å². The predicted molar refractivity (Wildman–Crippen MR) is 175 cm³/mol. The van der Waals surface area contributed by atoms with Gasteiger partial charge in [0.2, 0.25) is 0 Å². The Morgan fingerprint density at radius 3 is 2.18 bits per heavy atom. The van der Waals surface area contributed by atoms with Crippen molar-refractivity contribution in [3.8, 4) is 0 Å². The summed E-state index contributed by atoms with van der Waals surface area (Å²) in [5.74, 6) is -1.82. The van der Waals surface area contributed by atoms with E-state index in [4.69, 9.17) is 28.4 Å². The van der Waals surface area contributed by atoms with Crippen LogP contribution < -0.4 is 0 Å². The molecule has 1 aromatic rings. The summed E-state index contributed by atoms with van der Waals surface area (Å²) in [6.07, 6.45) is -8.17. The zero-order chi connectivity index (χ0) is 35.9. The molecule has 2 saturated heterocycles. The van der Waals surface area contributed by atoms with Gasteiger partial charge in [-0.05, 0) is 49.1 Å². The quantitative estimate of drug-likeness (QED) is 0.161. The maximum Gasteiger partial charge on any atom is 0.338 e. The van der Waals surface area contributed by atoms with Crippen molar-refractivity contribution in [2.75, 3.05) is 13.2 Å². The molecule has 2 heterocycles. The van der Waals surface area contributed by atoms with Crippen molar-refractivity contribution in [3.63, 3.8) is 0 Å². The monoisotopic (exact) mass is 710 g/mol. The molecule has 2 aliphatic carbocycles. The molecule has 2 aliphatic heterocycles. The van der Waals surface area contributed by atoms with Crippen LogP contribution >= 0.6 is 0 Å². The third kappa shape index (κ3) is 9.59. The van der Waals surface area contributed by atoms with Crippen molar-refractivity contribution in [2.45, 2.75) is 145 Å². The van der Waals surface area contributed by atoms with Gasteiger partial charge in [0.05, 0.1) is 37.1 Å². The Bertz CT molecular complexity index is 1210. The van der Waals surface area contributed by atoms with Gasteiger partial charge < -0.3 is 59.1 Å². The third-order valence-corrected chi connectivity index (χ3v) is 10.6. The first kappa shape index (κ1) is 39.0. The Kier molecular flexibility index (Phi) is 14.0. The van der Waals surface area contributed by atoms with Crippen molar-refractivity contribution in [1.82, 2.24) is 0 Å². The van der Waals surface area contributed by atoms with E-state index in [-0.39, 0.29) is 36.2 Å². The largest absolute Gasteiger partial charge is 0.479 e. The molecule has 0 unspecified atom stereocenters. The Morgan fingerprint density at radius 1 is 0.840 bits per heavy atom. The highest BCUT2D eigenvalue weighted by molar-refractivity contribution is 5.89. The summed E-state index contributed by atoms with van der Waals surface area (Å²) in [7, 11) is 0. The minimum absolute atomic E-state index is 0.0489. The summed E-state index contributed by atoms with van der Waals surface area (Å²) in [6, 6.07) is 8.17. The van der Waals surface area contributed by atoms with E-state index in [0.29, 0.717) is 6.42 Å². The first-order valence-corrected chi connectivity index (χ1v) is 18.0. The number of benzene rings is 1. The number of ether oxygens (including phenoxy) is 6. The van der Waals surface area contributed by atoms with Gasteiger partial charge in [0.1, 0.15) is 30.5 Å². The number of rotatable bonds is 13. The highest BCUT2D eigenvalue weighted by Gasteiger charge is 2.52. The number of aliphatic hydroxyl groups excluding tert-OH is 5. The number of aliphatic hydroxyl groups is 5. The Balaban J connectivity index is 1.43. The fourth-order valence-corrected chi connectivity index (χ4v) is 7.95. The molecule has 4 aliphatic rings. The average Bonchev–Trinajstić information content (AvgIpc) is 3.10. The molecule has 0 bridgehead atoms. The van der Waals surface area contributed by atoms with Crippen LogP contribution in [0.4, 0.5) is 0 Å². The van der Waals surface area contributed by atoms with Gasteiger partial charge in [-0.15, -0.1) is 0 Å². The number of esters is 1. The van der Waals surface area contributed by atoms with E-state index >= 15 is 0 Å². The van der Waals surface area contributed by atoms with E-state index in [1.165, 1.54) is 0 Å². The Hall–Kier alpha value is -2.24.